The number of aromatic hydroxyl groups is 1. The number of fused-ring (bicyclic) bond motifs is 1. The number of rotatable bonds is 1. The first kappa shape index (κ1) is 9.98. The molecule has 0 atom stereocenters. The Morgan fingerprint density at radius 2 is 2.00 bits per heavy atom. The number of benzene rings is 1. The van der Waals surface area contributed by atoms with Crippen LogP contribution in [0.2, 0.25) is 0 Å². The monoisotopic (exact) mass is 272 g/mol. The molecule has 2 rings (SSSR count). The molecule has 0 spiro atoms. The van der Waals surface area contributed by atoms with Crippen molar-refractivity contribution in [2.24, 2.45) is 0 Å². The van der Waals surface area contributed by atoms with Gasteiger partial charge in [0.15, 0.2) is 0 Å². The minimum Gasteiger partial charge on any atom is -0.507 e. The Kier molecular flexibility index (Phi) is 2.53. The molecule has 14 heavy (non-hydrogen) atoms. The zero-order chi connectivity index (χ0) is 10.3. The average molecular weight is 273 g/mol. The lowest BCUT2D eigenvalue weighted by molar-refractivity contribution is 0.420. The number of hydrogen-bond acceptors (Lipinski definition) is 4. The number of phenols is 1. The molecule has 3 nitrogen and oxygen atoms in total. The van der Waals surface area contributed by atoms with Gasteiger partial charge in [-0.3, -0.25) is 0 Å². The molecular formula is C8H6BBrO3S. The molecule has 0 saturated heterocycles. The van der Waals surface area contributed by atoms with E-state index in [1.165, 1.54) is 17.4 Å². The molecule has 2 aromatic rings. The Hall–Kier alpha value is -0.555. The van der Waals surface area contributed by atoms with Gasteiger partial charge < -0.3 is 15.2 Å². The van der Waals surface area contributed by atoms with Crippen LogP contribution in [0.3, 0.4) is 0 Å². The summed E-state index contributed by atoms with van der Waals surface area (Å²) in [6.45, 7) is 0. The summed E-state index contributed by atoms with van der Waals surface area (Å²) in [5, 5.41) is 28.5. The fraction of sp³-hybridized carbons (Fsp3) is 0. The highest BCUT2D eigenvalue weighted by Crippen LogP contribution is 2.34. The van der Waals surface area contributed by atoms with Gasteiger partial charge in [-0.25, -0.2) is 0 Å². The molecule has 0 aliphatic carbocycles. The van der Waals surface area contributed by atoms with Crippen molar-refractivity contribution in [3.8, 4) is 5.75 Å². The lowest BCUT2D eigenvalue weighted by Crippen LogP contribution is -2.29. The molecule has 0 unspecified atom stereocenters. The maximum atomic E-state index is 9.70. The van der Waals surface area contributed by atoms with Crippen molar-refractivity contribution >= 4 is 49.9 Å². The van der Waals surface area contributed by atoms with Crippen LogP contribution < -0.4 is 5.46 Å². The minimum absolute atomic E-state index is 0.0619. The van der Waals surface area contributed by atoms with Crippen LogP contribution in [0.1, 0.15) is 0 Å². The standard InChI is InChI=1S/C8H6BBrO3S/c10-6-3-4-1-2-5(9(12)13)7(11)8(4)14-6/h1-3,11-13H. The summed E-state index contributed by atoms with van der Waals surface area (Å²) in [5.41, 5.74) is 0.131. The smallest absolute Gasteiger partial charge is 0.492 e. The molecular weight excluding hydrogens is 267 g/mol. The van der Waals surface area contributed by atoms with Crippen LogP contribution >= 0.6 is 27.3 Å². The van der Waals surface area contributed by atoms with E-state index in [1.54, 1.807) is 6.07 Å². The lowest BCUT2D eigenvalue weighted by atomic mass is 9.79. The predicted molar refractivity (Wildman–Crippen MR) is 61.0 cm³/mol. The molecule has 72 valence electrons. The van der Waals surface area contributed by atoms with Crippen LogP contribution in [0.5, 0.6) is 5.75 Å². The van der Waals surface area contributed by atoms with Crippen LogP contribution in [0, 0.1) is 0 Å². The van der Waals surface area contributed by atoms with Crippen LogP contribution in [-0.2, 0) is 0 Å². The van der Waals surface area contributed by atoms with Gasteiger partial charge in [-0.05, 0) is 27.4 Å². The second-order valence-corrected chi connectivity index (χ2v) is 5.28. The molecule has 0 saturated carbocycles. The van der Waals surface area contributed by atoms with E-state index < -0.39 is 7.12 Å². The number of halogens is 1. The van der Waals surface area contributed by atoms with E-state index in [1.807, 2.05) is 6.07 Å². The van der Waals surface area contributed by atoms with E-state index in [2.05, 4.69) is 15.9 Å². The van der Waals surface area contributed by atoms with Crippen molar-refractivity contribution in [3.63, 3.8) is 0 Å². The van der Waals surface area contributed by atoms with E-state index in [0.29, 0.717) is 4.70 Å². The van der Waals surface area contributed by atoms with Crippen molar-refractivity contribution in [3.05, 3.63) is 22.0 Å². The van der Waals surface area contributed by atoms with Gasteiger partial charge in [0, 0.05) is 5.46 Å². The Labute approximate surface area is 92.9 Å². The summed E-state index contributed by atoms with van der Waals surface area (Å²) in [4.78, 5) is 0. The number of hydrogen-bond donors (Lipinski definition) is 3. The van der Waals surface area contributed by atoms with Crippen molar-refractivity contribution in [2.45, 2.75) is 0 Å². The fourth-order valence-electron chi connectivity index (χ4n) is 1.28. The molecule has 1 aromatic heterocycles. The first-order valence-electron chi connectivity index (χ1n) is 3.86. The first-order chi connectivity index (χ1) is 6.59. The first-order valence-corrected chi connectivity index (χ1v) is 5.47. The topological polar surface area (TPSA) is 60.7 Å². The summed E-state index contributed by atoms with van der Waals surface area (Å²) in [7, 11) is -1.64. The molecule has 3 N–H and O–H groups in total. The van der Waals surface area contributed by atoms with Crippen LogP contribution in [0.15, 0.2) is 22.0 Å². The van der Waals surface area contributed by atoms with Gasteiger partial charge in [0.2, 0.25) is 0 Å². The Bertz CT molecular complexity index is 483. The molecule has 0 fully saturated rings. The molecule has 1 aromatic carbocycles. The predicted octanol–water partition coefficient (Wildman–Crippen LogP) is 1.05. The van der Waals surface area contributed by atoms with Crippen molar-refractivity contribution in [2.75, 3.05) is 0 Å². The Balaban J connectivity index is 2.74. The van der Waals surface area contributed by atoms with Crippen LogP contribution in [-0.4, -0.2) is 22.3 Å². The highest BCUT2D eigenvalue weighted by Gasteiger charge is 2.18. The van der Waals surface area contributed by atoms with Gasteiger partial charge >= 0.3 is 7.12 Å². The fourth-order valence-corrected chi connectivity index (χ4v) is 2.85. The molecule has 0 radical (unpaired) electrons. The average Bonchev–Trinajstić information content (AvgIpc) is 2.46. The number of phenolic OH excluding ortho intramolecular Hbond substituents is 1. The third-order valence-electron chi connectivity index (χ3n) is 1.94. The van der Waals surface area contributed by atoms with Gasteiger partial charge in [-0.15, -0.1) is 11.3 Å². The molecule has 6 heteroatoms. The van der Waals surface area contributed by atoms with E-state index in [-0.39, 0.29) is 11.2 Å². The molecule has 0 aliphatic heterocycles. The lowest BCUT2D eigenvalue weighted by Gasteiger charge is -2.03. The van der Waals surface area contributed by atoms with Gasteiger partial charge in [-0.1, -0.05) is 12.1 Å². The minimum atomic E-state index is -1.64. The maximum Gasteiger partial charge on any atom is 0.492 e. The highest BCUT2D eigenvalue weighted by atomic mass is 79.9. The van der Waals surface area contributed by atoms with Crippen molar-refractivity contribution in [1.82, 2.24) is 0 Å². The van der Waals surface area contributed by atoms with Crippen LogP contribution in [0.25, 0.3) is 10.1 Å². The van der Waals surface area contributed by atoms with E-state index >= 15 is 0 Å². The van der Waals surface area contributed by atoms with Crippen LogP contribution in [0.4, 0.5) is 0 Å². The maximum absolute atomic E-state index is 9.70. The summed E-state index contributed by atoms with van der Waals surface area (Å²) < 4.78 is 1.55. The molecule has 0 amide bonds. The van der Waals surface area contributed by atoms with Gasteiger partial charge in [-0.2, -0.15) is 0 Å². The van der Waals surface area contributed by atoms with E-state index in [4.69, 9.17) is 10.0 Å². The summed E-state index contributed by atoms with van der Waals surface area (Å²) in [5.74, 6) is -0.0619. The summed E-state index contributed by atoms with van der Waals surface area (Å²) >= 11 is 4.66. The third kappa shape index (κ3) is 1.54. The zero-order valence-electron chi connectivity index (χ0n) is 6.94. The second kappa shape index (κ2) is 3.54. The Morgan fingerprint density at radius 1 is 1.29 bits per heavy atom. The van der Waals surface area contributed by atoms with Gasteiger partial charge in [0.1, 0.15) is 5.75 Å². The zero-order valence-corrected chi connectivity index (χ0v) is 9.34. The summed E-state index contributed by atoms with van der Waals surface area (Å²) in [6, 6.07) is 5.11. The van der Waals surface area contributed by atoms with Crippen molar-refractivity contribution in [1.29, 1.82) is 0 Å². The molecule has 1 heterocycles. The van der Waals surface area contributed by atoms with E-state index in [0.717, 1.165) is 9.17 Å². The summed E-state index contributed by atoms with van der Waals surface area (Å²) in [6.07, 6.45) is 0. The van der Waals surface area contributed by atoms with E-state index in [9.17, 15) is 5.11 Å². The highest BCUT2D eigenvalue weighted by molar-refractivity contribution is 9.11. The second-order valence-electron chi connectivity index (χ2n) is 2.85. The third-order valence-corrected chi connectivity index (χ3v) is 3.60. The van der Waals surface area contributed by atoms with Gasteiger partial charge in [0.25, 0.3) is 0 Å². The largest absolute Gasteiger partial charge is 0.507 e. The normalized spacial score (nSPS) is 10.8. The quantitative estimate of drug-likeness (QED) is 0.680. The molecule has 0 aliphatic rings. The van der Waals surface area contributed by atoms with Crippen molar-refractivity contribution < 1.29 is 15.2 Å². The Morgan fingerprint density at radius 3 is 2.64 bits per heavy atom. The SMILES string of the molecule is OB(O)c1ccc2cc(Br)sc2c1O. The van der Waals surface area contributed by atoms with Gasteiger partial charge in [0.05, 0.1) is 8.49 Å². The number of thiophene rings is 1. The molecule has 0 bridgehead atoms.